The van der Waals surface area contributed by atoms with Crippen molar-refractivity contribution in [3.8, 4) is 0 Å². The highest BCUT2D eigenvalue weighted by Crippen LogP contribution is 2.33. The smallest absolute Gasteiger partial charge is 0.175 e. The van der Waals surface area contributed by atoms with Crippen LogP contribution >= 0.6 is 11.6 Å². The van der Waals surface area contributed by atoms with Gasteiger partial charge in [-0.25, -0.2) is 8.42 Å². The van der Waals surface area contributed by atoms with Gasteiger partial charge in [0.25, 0.3) is 0 Å². The van der Waals surface area contributed by atoms with Crippen LogP contribution in [0.25, 0.3) is 0 Å². The Bertz CT molecular complexity index is 781. The van der Waals surface area contributed by atoms with Crippen LogP contribution in [0, 0.1) is 0 Å². The number of halogens is 1. The summed E-state index contributed by atoms with van der Waals surface area (Å²) in [6.07, 6.45) is 4.67. The summed E-state index contributed by atoms with van der Waals surface area (Å²) >= 11 is 6.56. The Morgan fingerprint density at radius 3 is 2.48 bits per heavy atom. The summed E-state index contributed by atoms with van der Waals surface area (Å²) in [6, 6.07) is 13.2. The molecule has 0 fully saturated rings. The Morgan fingerprint density at radius 2 is 1.71 bits per heavy atom. The van der Waals surface area contributed by atoms with Gasteiger partial charge < -0.3 is 0 Å². The van der Waals surface area contributed by atoms with Gasteiger partial charge in [0.05, 0.1) is 10.3 Å². The van der Waals surface area contributed by atoms with Gasteiger partial charge in [0.2, 0.25) is 0 Å². The summed E-state index contributed by atoms with van der Waals surface area (Å²) in [7, 11) is -3.21. The molecule has 0 saturated carbocycles. The van der Waals surface area contributed by atoms with Crippen LogP contribution in [-0.2, 0) is 22.7 Å². The number of benzene rings is 2. The van der Waals surface area contributed by atoms with E-state index in [1.807, 2.05) is 6.07 Å². The maximum atomic E-state index is 11.7. The van der Waals surface area contributed by atoms with Crippen LogP contribution in [0.4, 0.5) is 0 Å². The minimum atomic E-state index is -3.21. The Hall–Kier alpha value is -1.32. The molecule has 0 heterocycles. The Morgan fingerprint density at radius 1 is 1.00 bits per heavy atom. The summed E-state index contributed by atoms with van der Waals surface area (Å²) in [5.41, 5.74) is 4.63. The van der Waals surface area contributed by atoms with Crippen molar-refractivity contribution in [2.24, 2.45) is 0 Å². The summed E-state index contributed by atoms with van der Waals surface area (Å²) in [4.78, 5) is 0.312. The van der Waals surface area contributed by atoms with Gasteiger partial charge in [0.15, 0.2) is 9.84 Å². The molecule has 0 saturated heterocycles. The molecule has 0 aromatic heterocycles. The number of alkyl halides is 1. The first-order valence-corrected chi connectivity index (χ1v) is 9.34. The lowest BCUT2D eigenvalue weighted by atomic mass is 10.00. The van der Waals surface area contributed by atoms with E-state index in [-0.39, 0.29) is 5.38 Å². The molecular formula is C17H17ClO2S. The molecule has 4 heteroatoms. The normalized spacial score (nSPS) is 15.7. The minimum absolute atomic E-state index is 0.312. The highest BCUT2D eigenvalue weighted by atomic mass is 35.5. The molecule has 3 rings (SSSR count). The average molecular weight is 321 g/mol. The van der Waals surface area contributed by atoms with E-state index in [9.17, 15) is 8.42 Å². The van der Waals surface area contributed by atoms with E-state index in [4.69, 9.17) is 11.6 Å². The molecule has 2 nitrogen and oxygen atoms in total. The Balaban J connectivity index is 1.97. The summed E-state index contributed by atoms with van der Waals surface area (Å²) in [5, 5.41) is -0.322. The monoisotopic (exact) mass is 320 g/mol. The molecule has 1 atom stereocenters. The maximum absolute atomic E-state index is 11.7. The molecule has 0 bridgehead atoms. The molecule has 0 amide bonds. The molecule has 0 spiro atoms. The molecule has 2 aromatic rings. The van der Waals surface area contributed by atoms with Crippen molar-refractivity contribution in [2.75, 3.05) is 6.26 Å². The van der Waals surface area contributed by atoms with Crippen molar-refractivity contribution < 1.29 is 8.42 Å². The largest absolute Gasteiger partial charge is 0.224 e. The summed E-state index contributed by atoms with van der Waals surface area (Å²) < 4.78 is 23.3. The number of rotatable bonds is 3. The zero-order valence-corrected chi connectivity index (χ0v) is 13.4. The minimum Gasteiger partial charge on any atom is -0.224 e. The van der Waals surface area contributed by atoms with Crippen molar-refractivity contribution in [3.63, 3.8) is 0 Å². The van der Waals surface area contributed by atoms with E-state index in [0.29, 0.717) is 4.90 Å². The first-order chi connectivity index (χ1) is 9.95. The van der Waals surface area contributed by atoms with Gasteiger partial charge in [0, 0.05) is 6.26 Å². The Kier molecular flexibility index (Phi) is 3.80. The molecule has 0 N–H and O–H groups in total. The first kappa shape index (κ1) is 14.6. The fourth-order valence-corrected chi connectivity index (χ4v) is 3.79. The van der Waals surface area contributed by atoms with Crippen LogP contribution in [-0.4, -0.2) is 14.7 Å². The van der Waals surface area contributed by atoms with E-state index in [1.54, 1.807) is 18.2 Å². The van der Waals surface area contributed by atoms with Crippen molar-refractivity contribution in [1.82, 2.24) is 0 Å². The zero-order valence-electron chi connectivity index (χ0n) is 11.8. The van der Waals surface area contributed by atoms with E-state index in [0.717, 1.165) is 24.0 Å². The molecule has 1 aliphatic rings. The predicted molar refractivity (Wildman–Crippen MR) is 85.7 cm³/mol. The molecule has 110 valence electrons. The van der Waals surface area contributed by atoms with Gasteiger partial charge in [-0.3, -0.25) is 0 Å². The second kappa shape index (κ2) is 5.47. The Labute approximate surface area is 130 Å². The van der Waals surface area contributed by atoms with Crippen molar-refractivity contribution >= 4 is 21.4 Å². The lowest BCUT2D eigenvalue weighted by Gasteiger charge is -2.13. The maximum Gasteiger partial charge on any atom is 0.175 e. The van der Waals surface area contributed by atoms with E-state index in [2.05, 4.69) is 18.2 Å². The number of sulfone groups is 1. The third-order valence-corrected chi connectivity index (χ3v) is 5.61. The van der Waals surface area contributed by atoms with E-state index in [1.165, 1.54) is 23.8 Å². The third kappa shape index (κ3) is 2.99. The van der Waals surface area contributed by atoms with Gasteiger partial charge in [-0.15, -0.1) is 11.6 Å². The van der Waals surface area contributed by atoms with Crippen LogP contribution in [0.3, 0.4) is 0 Å². The number of hydrogen-bond donors (Lipinski definition) is 0. The second-order valence-electron chi connectivity index (χ2n) is 5.59. The second-order valence-corrected chi connectivity index (χ2v) is 8.04. The molecule has 2 aromatic carbocycles. The van der Waals surface area contributed by atoms with Crippen LogP contribution in [0.5, 0.6) is 0 Å². The number of aryl methyl sites for hydroxylation is 2. The third-order valence-electron chi connectivity index (χ3n) is 3.99. The average Bonchev–Trinajstić information content (AvgIpc) is 2.93. The highest BCUT2D eigenvalue weighted by Gasteiger charge is 2.17. The van der Waals surface area contributed by atoms with Gasteiger partial charge in [-0.1, -0.05) is 30.3 Å². The lowest BCUT2D eigenvalue weighted by Crippen LogP contribution is -2.00. The van der Waals surface area contributed by atoms with Crippen LogP contribution < -0.4 is 0 Å². The van der Waals surface area contributed by atoms with Gasteiger partial charge >= 0.3 is 0 Å². The summed E-state index contributed by atoms with van der Waals surface area (Å²) in [5.74, 6) is 0. The summed E-state index contributed by atoms with van der Waals surface area (Å²) in [6.45, 7) is 0. The fraction of sp³-hybridized carbons (Fsp3) is 0.294. The SMILES string of the molecule is CS(=O)(=O)c1cccc(C(Cl)c2ccc3c(c2)CCC3)c1. The van der Waals surface area contributed by atoms with Crippen LogP contribution in [0.1, 0.15) is 34.1 Å². The first-order valence-electron chi connectivity index (χ1n) is 7.01. The standard InChI is InChI=1S/C17H17ClO2S/c1-21(19,20)16-7-3-6-14(11-16)17(18)15-9-8-12-4-2-5-13(12)10-15/h3,6-11,17H,2,4-5H2,1H3. The van der Waals surface area contributed by atoms with Crippen molar-refractivity contribution in [1.29, 1.82) is 0 Å². The fourth-order valence-electron chi connectivity index (χ4n) is 2.84. The predicted octanol–water partition coefficient (Wildman–Crippen LogP) is 3.91. The topological polar surface area (TPSA) is 34.1 Å². The van der Waals surface area contributed by atoms with Crippen LogP contribution in [0.2, 0.25) is 0 Å². The number of fused-ring (bicyclic) bond motifs is 1. The molecule has 1 unspecified atom stereocenters. The zero-order chi connectivity index (χ0) is 15.0. The van der Waals surface area contributed by atoms with Crippen molar-refractivity contribution in [3.05, 3.63) is 64.7 Å². The van der Waals surface area contributed by atoms with E-state index >= 15 is 0 Å². The van der Waals surface area contributed by atoms with Crippen LogP contribution in [0.15, 0.2) is 47.4 Å². The van der Waals surface area contributed by atoms with Crippen molar-refractivity contribution in [2.45, 2.75) is 29.5 Å². The van der Waals surface area contributed by atoms with Gasteiger partial charge in [-0.2, -0.15) is 0 Å². The lowest BCUT2D eigenvalue weighted by molar-refractivity contribution is 0.601. The quantitative estimate of drug-likeness (QED) is 0.804. The highest BCUT2D eigenvalue weighted by molar-refractivity contribution is 7.90. The van der Waals surface area contributed by atoms with Gasteiger partial charge in [0.1, 0.15) is 0 Å². The van der Waals surface area contributed by atoms with E-state index < -0.39 is 9.84 Å². The molecule has 0 aliphatic heterocycles. The molecule has 1 aliphatic carbocycles. The number of hydrogen-bond acceptors (Lipinski definition) is 2. The van der Waals surface area contributed by atoms with Gasteiger partial charge in [-0.05, 0) is 53.6 Å². The molecule has 0 radical (unpaired) electrons. The molecule has 21 heavy (non-hydrogen) atoms. The molecular weight excluding hydrogens is 304 g/mol.